The fraction of sp³-hybridized carbons (Fsp3) is 0.500. The smallest absolute Gasteiger partial charge is 0.221 e. The van der Waals surface area contributed by atoms with Crippen molar-refractivity contribution >= 4 is 11.1 Å². The lowest BCUT2D eigenvalue weighted by Crippen LogP contribution is -2.08. The van der Waals surface area contributed by atoms with Gasteiger partial charge in [-0.3, -0.25) is 0 Å². The molecule has 1 saturated heterocycles. The Morgan fingerprint density at radius 3 is 3.17 bits per heavy atom. The van der Waals surface area contributed by atoms with E-state index in [1.165, 1.54) is 12.0 Å². The first-order chi connectivity index (χ1) is 8.85. The second-order valence-electron chi connectivity index (χ2n) is 4.68. The summed E-state index contributed by atoms with van der Waals surface area (Å²) in [5.41, 5.74) is 2.97. The number of aromatic nitrogens is 1. The Hall–Kier alpha value is -1.39. The average molecular weight is 247 g/mol. The third-order valence-electron chi connectivity index (χ3n) is 3.25. The van der Waals surface area contributed by atoms with Crippen molar-refractivity contribution < 1.29 is 13.9 Å². The van der Waals surface area contributed by atoms with Crippen molar-refractivity contribution in [2.75, 3.05) is 13.7 Å². The van der Waals surface area contributed by atoms with E-state index in [0.717, 1.165) is 30.5 Å². The zero-order valence-electron chi connectivity index (χ0n) is 10.5. The standard InChI is InChI=1S/C14H17NO3/c1-16-9-14-15-12-8-10(4-5-13(12)18-14)7-11-3-2-6-17-11/h4-5,8,11H,2-3,6-7,9H2,1H3. The van der Waals surface area contributed by atoms with Crippen molar-refractivity contribution in [1.29, 1.82) is 0 Å². The molecule has 1 aromatic carbocycles. The molecule has 0 bridgehead atoms. The van der Waals surface area contributed by atoms with E-state index in [2.05, 4.69) is 17.1 Å². The number of hydrogen-bond acceptors (Lipinski definition) is 4. The van der Waals surface area contributed by atoms with Crippen LogP contribution in [0.3, 0.4) is 0 Å². The Morgan fingerprint density at radius 2 is 2.39 bits per heavy atom. The minimum atomic E-state index is 0.368. The van der Waals surface area contributed by atoms with Crippen molar-refractivity contribution in [3.8, 4) is 0 Å². The largest absolute Gasteiger partial charge is 0.438 e. The highest BCUT2D eigenvalue weighted by molar-refractivity contribution is 5.73. The van der Waals surface area contributed by atoms with E-state index in [9.17, 15) is 0 Å². The van der Waals surface area contributed by atoms with Gasteiger partial charge >= 0.3 is 0 Å². The molecule has 1 atom stereocenters. The van der Waals surface area contributed by atoms with Gasteiger partial charge in [0.2, 0.25) is 5.89 Å². The molecular formula is C14H17NO3. The summed E-state index contributed by atoms with van der Waals surface area (Å²) in [6, 6.07) is 6.15. The highest BCUT2D eigenvalue weighted by atomic mass is 16.5. The summed E-state index contributed by atoms with van der Waals surface area (Å²) in [7, 11) is 1.64. The molecule has 2 heterocycles. The summed E-state index contributed by atoms with van der Waals surface area (Å²) in [5, 5.41) is 0. The molecular weight excluding hydrogens is 230 g/mol. The predicted molar refractivity (Wildman–Crippen MR) is 67.4 cm³/mol. The van der Waals surface area contributed by atoms with Gasteiger partial charge in [0.25, 0.3) is 0 Å². The third-order valence-corrected chi connectivity index (χ3v) is 3.25. The second kappa shape index (κ2) is 5.08. The van der Waals surface area contributed by atoms with Crippen LogP contribution in [0.2, 0.25) is 0 Å². The molecule has 0 spiro atoms. The van der Waals surface area contributed by atoms with Gasteiger partial charge in [-0.05, 0) is 37.0 Å². The maximum absolute atomic E-state index is 5.65. The molecule has 0 saturated carbocycles. The van der Waals surface area contributed by atoms with E-state index in [1.54, 1.807) is 7.11 Å². The van der Waals surface area contributed by atoms with E-state index in [0.29, 0.717) is 18.6 Å². The summed E-state index contributed by atoms with van der Waals surface area (Å²) in [6.45, 7) is 1.31. The lowest BCUT2D eigenvalue weighted by Gasteiger charge is -2.08. The topological polar surface area (TPSA) is 44.5 Å². The molecule has 4 heteroatoms. The van der Waals surface area contributed by atoms with E-state index in [1.807, 2.05) is 6.07 Å². The highest BCUT2D eigenvalue weighted by Gasteiger charge is 2.16. The minimum absolute atomic E-state index is 0.368. The van der Waals surface area contributed by atoms with Gasteiger partial charge in [-0.1, -0.05) is 6.07 Å². The fourth-order valence-corrected chi connectivity index (χ4v) is 2.40. The van der Waals surface area contributed by atoms with Crippen LogP contribution in [0.5, 0.6) is 0 Å². The number of rotatable bonds is 4. The number of fused-ring (bicyclic) bond motifs is 1. The number of hydrogen-bond donors (Lipinski definition) is 0. The normalized spacial score (nSPS) is 19.7. The van der Waals surface area contributed by atoms with Crippen LogP contribution in [0, 0.1) is 0 Å². The molecule has 0 N–H and O–H groups in total. The predicted octanol–water partition coefficient (Wildman–Crippen LogP) is 2.70. The molecule has 4 nitrogen and oxygen atoms in total. The van der Waals surface area contributed by atoms with Crippen LogP contribution in [0.25, 0.3) is 11.1 Å². The zero-order chi connectivity index (χ0) is 12.4. The van der Waals surface area contributed by atoms with Gasteiger partial charge in [-0.2, -0.15) is 0 Å². The van der Waals surface area contributed by atoms with Gasteiger partial charge in [0.05, 0.1) is 6.10 Å². The van der Waals surface area contributed by atoms with Gasteiger partial charge in [0.15, 0.2) is 5.58 Å². The third kappa shape index (κ3) is 2.40. The van der Waals surface area contributed by atoms with Crippen molar-refractivity contribution in [2.45, 2.75) is 32.0 Å². The minimum Gasteiger partial charge on any atom is -0.438 e. The number of methoxy groups -OCH3 is 1. The Kier molecular flexibility index (Phi) is 3.30. The van der Waals surface area contributed by atoms with Gasteiger partial charge in [0.1, 0.15) is 12.1 Å². The summed E-state index contributed by atoms with van der Waals surface area (Å²) in [6.07, 6.45) is 3.66. The first-order valence-electron chi connectivity index (χ1n) is 6.34. The molecule has 0 amide bonds. The van der Waals surface area contributed by atoms with Crippen LogP contribution in [0.15, 0.2) is 22.6 Å². The number of nitrogens with zero attached hydrogens (tertiary/aromatic N) is 1. The lowest BCUT2D eigenvalue weighted by atomic mass is 10.1. The Morgan fingerprint density at radius 1 is 1.44 bits per heavy atom. The molecule has 1 fully saturated rings. The van der Waals surface area contributed by atoms with Gasteiger partial charge < -0.3 is 13.9 Å². The van der Waals surface area contributed by atoms with E-state index >= 15 is 0 Å². The summed E-state index contributed by atoms with van der Waals surface area (Å²) in [4.78, 5) is 4.41. The maximum Gasteiger partial charge on any atom is 0.221 e. The maximum atomic E-state index is 5.65. The molecule has 2 aromatic rings. The van der Waals surface area contributed by atoms with Gasteiger partial charge in [0, 0.05) is 13.7 Å². The molecule has 0 aliphatic carbocycles. The second-order valence-corrected chi connectivity index (χ2v) is 4.68. The molecule has 0 radical (unpaired) electrons. The van der Waals surface area contributed by atoms with Crippen molar-refractivity contribution in [1.82, 2.24) is 4.98 Å². The van der Waals surface area contributed by atoms with Crippen molar-refractivity contribution in [3.05, 3.63) is 29.7 Å². The lowest BCUT2D eigenvalue weighted by molar-refractivity contribution is 0.111. The number of oxazole rings is 1. The van der Waals surface area contributed by atoms with E-state index < -0.39 is 0 Å². The molecule has 18 heavy (non-hydrogen) atoms. The number of benzene rings is 1. The van der Waals surface area contributed by atoms with Crippen molar-refractivity contribution in [2.24, 2.45) is 0 Å². The van der Waals surface area contributed by atoms with Crippen LogP contribution in [-0.4, -0.2) is 24.8 Å². The van der Waals surface area contributed by atoms with Crippen LogP contribution in [-0.2, 0) is 22.5 Å². The Labute approximate surface area is 106 Å². The number of ether oxygens (including phenoxy) is 2. The molecule has 1 aliphatic rings. The Balaban J connectivity index is 1.80. The van der Waals surface area contributed by atoms with E-state index in [4.69, 9.17) is 13.9 Å². The summed E-state index contributed by atoms with van der Waals surface area (Å²) < 4.78 is 16.2. The molecule has 1 unspecified atom stereocenters. The van der Waals surface area contributed by atoms with Crippen LogP contribution in [0.4, 0.5) is 0 Å². The summed E-state index contributed by atoms with van der Waals surface area (Å²) >= 11 is 0. The average Bonchev–Trinajstić information content (AvgIpc) is 2.98. The SMILES string of the molecule is COCc1nc2cc(CC3CCCO3)ccc2o1. The zero-order valence-corrected chi connectivity index (χ0v) is 10.5. The molecule has 1 aliphatic heterocycles. The van der Waals surface area contributed by atoms with Gasteiger partial charge in [-0.15, -0.1) is 0 Å². The Bertz CT molecular complexity index is 529. The van der Waals surface area contributed by atoms with E-state index in [-0.39, 0.29) is 0 Å². The quantitative estimate of drug-likeness (QED) is 0.833. The first kappa shape index (κ1) is 11.7. The molecule has 3 rings (SSSR count). The van der Waals surface area contributed by atoms with Crippen molar-refractivity contribution in [3.63, 3.8) is 0 Å². The van der Waals surface area contributed by atoms with Crippen LogP contribution < -0.4 is 0 Å². The first-order valence-corrected chi connectivity index (χ1v) is 6.34. The summed E-state index contributed by atoms with van der Waals surface area (Å²) in [5.74, 6) is 0.627. The van der Waals surface area contributed by atoms with Crippen LogP contribution >= 0.6 is 0 Å². The molecule has 1 aromatic heterocycles. The fourth-order valence-electron chi connectivity index (χ4n) is 2.40. The molecule has 96 valence electrons. The van der Waals surface area contributed by atoms with Gasteiger partial charge in [-0.25, -0.2) is 4.98 Å². The monoisotopic (exact) mass is 247 g/mol. The van der Waals surface area contributed by atoms with Crippen LogP contribution in [0.1, 0.15) is 24.3 Å². The highest BCUT2D eigenvalue weighted by Crippen LogP contribution is 2.21.